The third kappa shape index (κ3) is 6.47. The maximum Gasteiger partial charge on any atom is 0.251 e. The van der Waals surface area contributed by atoms with Crippen LogP contribution >= 0.6 is 0 Å². The Bertz CT molecular complexity index is 808. The minimum absolute atomic E-state index is 0.226. The summed E-state index contributed by atoms with van der Waals surface area (Å²) in [4.78, 5) is 11.8. The van der Waals surface area contributed by atoms with Crippen molar-refractivity contribution >= 4 is 11.9 Å². The highest BCUT2D eigenvalue weighted by molar-refractivity contribution is 5.98. The number of aromatic nitrogens is 4. The predicted molar refractivity (Wildman–Crippen MR) is 109 cm³/mol. The summed E-state index contributed by atoms with van der Waals surface area (Å²) >= 11 is 0. The van der Waals surface area contributed by atoms with Crippen LogP contribution in [0.1, 0.15) is 53.9 Å². The zero-order valence-corrected chi connectivity index (χ0v) is 16.8. The van der Waals surface area contributed by atoms with Crippen LogP contribution in [0.5, 0.6) is 0 Å². The van der Waals surface area contributed by atoms with E-state index in [9.17, 15) is 4.79 Å². The second kappa shape index (κ2) is 9.26. The molecule has 0 atom stereocenters. The second-order valence-corrected chi connectivity index (χ2v) is 7.66. The van der Waals surface area contributed by atoms with Crippen molar-refractivity contribution in [1.29, 1.82) is 0 Å². The molecule has 144 valence electrons. The largest absolute Gasteiger partial charge is 0.290 e. The van der Waals surface area contributed by atoms with Gasteiger partial charge in [-0.05, 0) is 67.0 Å². The number of aromatic amines is 1. The van der Waals surface area contributed by atoms with Gasteiger partial charge in [-0.25, -0.2) is 5.10 Å². The first-order valence-corrected chi connectivity index (χ1v) is 9.24. The van der Waals surface area contributed by atoms with Crippen LogP contribution in [-0.2, 0) is 4.79 Å². The molecule has 27 heavy (non-hydrogen) atoms. The van der Waals surface area contributed by atoms with Crippen molar-refractivity contribution in [3.05, 3.63) is 58.7 Å². The molecule has 0 aliphatic heterocycles. The predicted octanol–water partition coefficient (Wildman–Crippen LogP) is 4.67. The van der Waals surface area contributed by atoms with E-state index in [1.807, 2.05) is 25.2 Å². The number of hydrogen-bond donors (Lipinski definition) is 2. The lowest BCUT2D eigenvalue weighted by Gasteiger charge is -2.32. The number of H-pyrrole nitrogens is 1. The van der Waals surface area contributed by atoms with Crippen LogP contribution in [0.15, 0.2) is 58.7 Å². The number of carbonyl (C=O) groups is 1. The SMILES string of the molecule is CC(C=CC1=C(C)CCCC1(C)C)=CC=CC(C)=CC(=O)Nc1nnn[nH]1. The van der Waals surface area contributed by atoms with Crippen molar-refractivity contribution in [2.45, 2.75) is 53.9 Å². The standard InChI is InChI=1S/C21H29N5O/c1-15(11-12-18-17(3)10-7-13-21(18,4)5)8-6-9-16(2)14-19(27)22-20-23-25-26-24-20/h6,8-9,11-12,14H,7,10,13H2,1-5H3,(H2,22,23,24,25,26,27). The Morgan fingerprint density at radius 2 is 2.00 bits per heavy atom. The zero-order chi connectivity index (χ0) is 19.9. The zero-order valence-electron chi connectivity index (χ0n) is 16.8. The van der Waals surface area contributed by atoms with E-state index in [1.54, 1.807) is 0 Å². The van der Waals surface area contributed by atoms with Crippen molar-refractivity contribution in [1.82, 2.24) is 20.6 Å². The Labute approximate surface area is 161 Å². The summed E-state index contributed by atoms with van der Waals surface area (Å²) in [6.07, 6.45) is 15.5. The van der Waals surface area contributed by atoms with Gasteiger partial charge in [0.05, 0.1) is 0 Å². The van der Waals surface area contributed by atoms with Crippen LogP contribution in [-0.4, -0.2) is 26.5 Å². The van der Waals surface area contributed by atoms with Crippen LogP contribution in [0, 0.1) is 5.41 Å². The van der Waals surface area contributed by atoms with Crippen LogP contribution in [0.3, 0.4) is 0 Å². The van der Waals surface area contributed by atoms with Gasteiger partial charge >= 0.3 is 0 Å². The number of anilines is 1. The molecule has 0 saturated heterocycles. The van der Waals surface area contributed by atoms with E-state index in [0.717, 1.165) is 11.1 Å². The van der Waals surface area contributed by atoms with Crippen molar-refractivity contribution in [3.8, 4) is 0 Å². The van der Waals surface area contributed by atoms with Gasteiger partial charge < -0.3 is 0 Å². The molecule has 0 unspecified atom stereocenters. The molecule has 0 bridgehead atoms. The van der Waals surface area contributed by atoms with Crippen molar-refractivity contribution in [2.75, 3.05) is 5.32 Å². The highest BCUT2D eigenvalue weighted by atomic mass is 16.1. The van der Waals surface area contributed by atoms with Gasteiger partial charge in [0.25, 0.3) is 5.91 Å². The third-order valence-corrected chi connectivity index (χ3v) is 4.72. The first-order valence-electron chi connectivity index (χ1n) is 9.24. The molecule has 0 radical (unpaired) electrons. The molecule has 0 aromatic carbocycles. The minimum atomic E-state index is -0.279. The third-order valence-electron chi connectivity index (χ3n) is 4.72. The molecule has 2 N–H and O–H groups in total. The van der Waals surface area contributed by atoms with Gasteiger partial charge in [-0.2, -0.15) is 0 Å². The Balaban J connectivity index is 1.95. The van der Waals surface area contributed by atoms with Gasteiger partial charge in [0.1, 0.15) is 0 Å². The molecule has 0 fully saturated rings. The van der Waals surface area contributed by atoms with Crippen molar-refractivity contribution in [3.63, 3.8) is 0 Å². The van der Waals surface area contributed by atoms with Gasteiger partial charge in [-0.15, -0.1) is 0 Å². The van der Waals surface area contributed by atoms with Gasteiger partial charge in [0.2, 0.25) is 5.95 Å². The van der Waals surface area contributed by atoms with Gasteiger partial charge in [-0.1, -0.05) is 60.5 Å². The summed E-state index contributed by atoms with van der Waals surface area (Å²) < 4.78 is 0. The van der Waals surface area contributed by atoms with E-state index >= 15 is 0 Å². The fourth-order valence-corrected chi connectivity index (χ4v) is 3.25. The molecule has 1 heterocycles. The molecule has 1 aliphatic carbocycles. The number of carbonyl (C=O) groups excluding carboxylic acids is 1. The number of amides is 1. The first kappa shape index (κ1) is 20.6. The summed E-state index contributed by atoms with van der Waals surface area (Å²) in [5.74, 6) is -0.0534. The van der Waals surface area contributed by atoms with Crippen LogP contribution in [0.4, 0.5) is 5.95 Å². The molecule has 6 nitrogen and oxygen atoms in total. The summed E-state index contributed by atoms with van der Waals surface area (Å²) in [5, 5.41) is 15.4. The average Bonchev–Trinajstić information content (AvgIpc) is 3.06. The Morgan fingerprint density at radius 1 is 1.22 bits per heavy atom. The topological polar surface area (TPSA) is 83.6 Å². The van der Waals surface area contributed by atoms with E-state index in [1.165, 1.54) is 36.5 Å². The van der Waals surface area contributed by atoms with E-state index in [-0.39, 0.29) is 17.3 Å². The van der Waals surface area contributed by atoms with Crippen LogP contribution in [0.2, 0.25) is 0 Å². The smallest absolute Gasteiger partial charge is 0.251 e. The van der Waals surface area contributed by atoms with E-state index < -0.39 is 0 Å². The normalized spacial score (nSPS) is 18.6. The number of tetrazole rings is 1. The molecular weight excluding hydrogens is 338 g/mol. The molecule has 0 spiro atoms. The van der Waals surface area contributed by atoms with Gasteiger partial charge in [0.15, 0.2) is 0 Å². The lowest BCUT2D eigenvalue weighted by molar-refractivity contribution is -0.112. The van der Waals surface area contributed by atoms with E-state index in [2.05, 4.69) is 65.8 Å². The fourth-order valence-electron chi connectivity index (χ4n) is 3.25. The molecule has 1 aromatic heterocycles. The Kier molecular flexibility index (Phi) is 7.05. The second-order valence-electron chi connectivity index (χ2n) is 7.66. The quantitative estimate of drug-likeness (QED) is 0.565. The molecule has 1 aliphatic rings. The van der Waals surface area contributed by atoms with Crippen LogP contribution < -0.4 is 5.32 Å². The lowest BCUT2D eigenvalue weighted by Crippen LogP contribution is -2.19. The molecule has 1 amide bonds. The van der Waals surface area contributed by atoms with Gasteiger partial charge in [-0.3, -0.25) is 10.1 Å². The number of nitrogens with zero attached hydrogens (tertiary/aromatic N) is 3. The van der Waals surface area contributed by atoms with E-state index in [0.29, 0.717) is 0 Å². The number of hydrogen-bond acceptors (Lipinski definition) is 4. The lowest BCUT2D eigenvalue weighted by atomic mass is 9.72. The van der Waals surface area contributed by atoms with E-state index in [4.69, 9.17) is 0 Å². The highest BCUT2D eigenvalue weighted by Gasteiger charge is 2.26. The summed E-state index contributed by atoms with van der Waals surface area (Å²) in [6.45, 7) is 10.8. The Morgan fingerprint density at radius 3 is 2.67 bits per heavy atom. The summed E-state index contributed by atoms with van der Waals surface area (Å²) in [7, 11) is 0. The van der Waals surface area contributed by atoms with Gasteiger partial charge in [0, 0.05) is 6.08 Å². The number of nitrogens with one attached hydrogen (secondary N) is 2. The minimum Gasteiger partial charge on any atom is -0.290 e. The summed E-state index contributed by atoms with van der Waals surface area (Å²) in [6, 6.07) is 0. The maximum atomic E-state index is 11.8. The fraction of sp³-hybridized carbons (Fsp3) is 0.429. The maximum absolute atomic E-state index is 11.8. The molecule has 0 saturated carbocycles. The molecule has 2 rings (SSSR count). The molecule has 1 aromatic rings. The number of rotatable bonds is 6. The van der Waals surface area contributed by atoms with Crippen molar-refractivity contribution < 1.29 is 4.79 Å². The highest BCUT2D eigenvalue weighted by Crippen LogP contribution is 2.40. The van der Waals surface area contributed by atoms with Crippen molar-refractivity contribution in [2.24, 2.45) is 5.41 Å². The summed E-state index contributed by atoms with van der Waals surface area (Å²) in [5.41, 5.74) is 5.20. The number of allylic oxidation sites excluding steroid dienone is 9. The molecule has 6 heteroatoms. The average molecular weight is 367 g/mol. The monoisotopic (exact) mass is 367 g/mol. The molecular formula is C21H29N5O. The van der Waals surface area contributed by atoms with Crippen LogP contribution in [0.25, 0.3) is 0 Å². The first-order chi connectivity index (χ1) is 12.8. The Hall–Kier alpha value is -2.76.